The lowest BCUT2D eigenvalue weighted by atomic mass is 10.1. The van der Waals surface area contributed by atoms with Gasteiger partial charge in [-0.1, -0.05) is 30.0 Å². The molecule has 3 nitrogen and oxygen atoms in total. The average molecular weight is 274 g/mol. The van der Waals surface area contributed by atoms with Crippen LogP contribution < -0.4 is 0 Å². The van der Waals surface area contributed by atoms with Crippen LogP contribution in [0.25, 0.3) is 0 Å². The van der Waals surface area contributed by atoms with Crippen molar-refractivity contribution < 1.29 is 5.11 Å². The van der Waals surface area contributed by atoms with E-state index in [1.165, 1.54) is 12.0 Å². The second kappa shape index (κ2) is 9.55. The second-order valence-electron chi connectivity index (χ2n) is 5.33. The summed E-state index contributed by atoms with van der Waals surface area (Å²) in [4.78, 5) is 4.54. The quantitative estimate of drug-likeness (QED) is 0.768. The van der Waals surface area contributed by atoms with E-state index in [-0.39, 0.29) is 6.61 Å². The number of aliphatic hydroxyl groups is 1. The lowest BCUT2D eigenvalue weighted by Crippen LogP contribution is -2.23. The average Bonchev–Trinajstić information content (AvgIpc) is 2.40. The molecule has 0 amide bonds. The van der Waals surface area contributed by atoms with Crippen molar-refractivity contribution in [3.8, 4) is 11.8 Å². The monoisotopic (exact) mass is 274 g/mol. The molecule has 110 valence electrons. The first-order chi connectivity index (χ1) is 9.63. The molecule has 1 N–H and O–H groups in total. The van der Waals surface area contributed by atoms with Crippen LogP contribution in [0.1, 0.15) is 24.0 Å². The molecule has 0 aliphatic heterocycles. The van der Waals surface area contributed by atoms with Crippen molar-refractivity contribution in [3.63, 3.8) is 0 Å². The Morgan fingerprint density at radius 3 is 2.55 bits per heavy atom. The van der Waals surface area contributed by atoms with E-state index < -0.39 is 0 Å². The van der Waals surface area contributed by atoms with Gasteiger partial charge < -0.3 is 14.9 Å². The Morgan fingerprint density at radius 1 is 1.10 bits per heavy atom. The molecule has 1 aromatic rings. The number of aliphatic hydroxyl groups excluding tert-OH is 1. The number of hydrogen-bond donors (Lipinski definition) is 1. The Morgan fingerprint density at radius 2 is 1.85 bits per heavy atom. The molecule has 0 aliphatic carbocycles. The predicted molar refractivity (Wildman–Crippen MR) is 84.5 cm³/mol. The van der Waals surface area contributed by atoms with Crippen LogP contribution in [0.15, 0.2) is 24.3 Å². The lowest BCUT2D eigenvalue weighted by molar-refractivity contribution is 0.294. The summed E-state index contributed by atoms with van der Waals surface area (Å²) in [6, 6.07) is 8.25. The molecule has 0 fully saturated rings. The van der Waals surface area contributed by atoms with Crippen molar-refractivity contribution in [2.75, 3.05) is 40.8 Å². The van der Waals surface area contributed by atoms with Crippen LogP contribution in [0.4, 0.5) is 0 Å². The van der Waals surface area contributed by atoms with Gasteiger partial charge in [-0.2, -0.15) is 0 Å². The topological polar surface area (TPSA) is 26.7 Å². The molecule has 3 heteroatoms. The van der Waals surface area contributed by atoms with Crippen LogP contribution in [0.2, 0.25) is 0 Å². The van der Waals surface area contributed by atoms with Gasteiger partial charge in [-0.25, -0.2) is 0 Å². The fourth-order valence-electron chi connectivity index (χ4n) is 2.02. The summed E-state index contributed by atoms with van der Waals surface area (Å²) >= 11 is 0. The molecule has 0 saturated carbocycles. The van der Waals surface area contributed by atoms with Crippen molar-refractivity contribution in [2.45, 2.75) is 19.4 Å². The van der Waals surface area contributed by atoms with Gasteiger partial charge in [0.05, 0.1) is 6.61 Å². The Labute approximate surface area is 123 Å². The van der Waals surface area contributed by atoms with E-state index in [1.54, 1.807) is 0 Å². The van der Waals surface area contributed by atoms with Crippen LogP contribution in [0.3, 0.4) is 0 Å². The minimum Gasteiger partial charge on any atom is -0.395 e. The van der Waals surface area contributed by atoms with E-state index in [2.05, 4.69) is 54.9 Å². The Balaban J connectivity index is 2.56. The van der Waals surface area contributed by atoms with Crippen LogP contribution >= 0.6 is 0 Å². The summed E-state index contributed by atoms with van der Waals surface area (Å²) in [5.74, 6) is 6.15. The smallest absolute Gasteiger partial charge is 0.0540 e. The number of benzene rings is 1. The minimum atomic E-state index is 0.125. The first-order valence-corrected chi connectivity index (χ1v) is 7.14. The SMILES string of the molecule is CN(C)CCCN(C)Cc1ccccc1C#CCCO. The van der Waals surface area contributed by atoms with Crippen molar-refractivity contribution in [2.24, 2.45) is 0 Å². The zero-order valence-electron chi connectivity index (χ0n) is 12.9. The van der Waals surface area contributed by atoms with Gasteiger partial charge in [0, 0.05) is 18.5 Å². The van der Waals surface area contributed by atoms with Crippen LogP contribution in [0.5, 0.6) is 0 Å². The highest BCUT2D eigenvalue weighted by molar-refractivity contribution is 5.41. The summed E-state index contributed by atoms with van der Waals surface area (Å²) < 4.78 is 0. The Hall–Kier alpha value is -1.34. The molecule has 0 aliphatic rings. The summed E-state index contributed by atoms with van der Waals surface area (Å²) in [6.45, 7) is 3.23. The highest BCUT2D eigenvalue weighted by Crippen LogP contribution is 2.10. The third kappa shape index (κ3) is 6.72. The molecule has 0 radical (unpaired) electrons. The number of nitrogens with zero attached hydrogens (tertiary/aromatic N) is 2. The van der Waals surface area contributed by atoms with E-state index in [1.807, 2.05) is 12.1 Å². The molecule has 20 heavy (non-hydrogen) atoms. The van der Waals surface area contributed by atoms with Crippen LogP contribution in [-0.2, 0) is 6.54 Å². The van der Waals surface area contributed by atoms with Gasteiger partial charge in [-0.3, -0.25) is 0 Å². The van der Waals surface area contributed by atoms with Crippen molar-refractivity contribution in [1.29, 1.82) is 0 Å². The maximum atomic E-state index is 8.79. The van der Waals surface area contributed by atoms with Gasteiger partial charge in [0.2, 0.25) is 0 Å². The molecule has 0 unspecified atom stereocenters. The maximum Gasteiger partial charge on any atom is 0.0540 e. The highest BCUT2D eigenvalue weighted by Gasteiger charge is 2.04. The first-order valence-electron chi connectivity index (χ1n) is 7.14. The van der Waals surface area contributed by atoms with Crippen LogP contribution in [-0.4, -0.2) is 55.7 Å². The third-order valence-corrected chi connectivity index (χ3v) is 3.06. The standard InChI is InChI=1S/C17H26N2O/c1-18(2)12-8-13-19(3)15-17-11-5-4-9-16(17)10-6-7-14-20/h4-5,9,11,20H,7-8,12-15H2,1-3H3. The molecule has 0 spiro atoms. The van der Waals surface area contributed by atoms with Gasteiger partial charge in [-0.15, -0.1) is 0 Å². The zero-order chi connectivity index (χ0) is 14.8. The first kappa shape index (κ1) is 16.7. The third-order valence-electron chi connectivity index (χ3n) is 3.06. The Bertz CT molecular complexity index is 446. The normalized spacial score (nSPS) is 10.7. The van der Waals surface area contributed by atoms with Gasteiger partial charge in [-0.05, 0) is 52.3 Å². The fraction of sp³-hybridized carbons (Fsp3) is 0.529. The largest absolute Gasteiger partial charge is 0.395 e. The highest BCUT2D eigenvalue weighted by atomic mass is 16.2. The van der Waals surface area contributed by atoms with Gasteiger partial charge >= 0.3 is 0 Å². The van der Waals surface area contributed by atoms with Crippen molar-refractivity contribution in [3.05, 3.63) is 35.4 Å². The molecule has 0 bridgehead atoms. The van der Waals surface area contributed by atoms with Crippen molar-refractivity contribution in [1.82, 2.24) is 9.80 Å². The molecule has 0 saturated heterocycles. The Kier molecular flexibility index (Phi) is 7.98. The fourth-order valence-corrected chi connectivity index (χ4v) is 2.02. The second-order valence-corrected chi connectivity index (χ2v) is 5.33. The molecule has 1 rings (SSSR count). The van der Waals surface area contributed by atoms with E-state index in [4.69, 9.17) is 5.11 Å². The van der Waals surface area contributed by atoms with Crippen molar-refractivity contribution >= 4 is 0 Å². The predicted octanol–water partition coefficient (Wildman–Crippen LogP) is 1.80. The van der Waals surface area contributed by atoms with Crippen LogP contribution in [0, 0.1) is 11.8 Å². The molecule has 1 aromatic carbocycles. The number of rotatable bonds is 7. The van der Waals surface area contributed by atoms with Gasteiger partial charge in [0.25, 0.3) is 0 Å². The molecular weight excluding hydrogens is 248 g/mol. The molecule has 0 heterocycles. The lowest BCUT2D eigenvalue weighted by Gasteiger charge is -2.19. The summed E-state index contributed by atoms with van der Waals surface area (Å²) in [7, 11) is 6.35. The van der Waals surface area contributed by atoms with Gasteiger partial charge in [0.15, 0.2) is 0 Å². The summed E-state index contributed by atoms with van der Waals surface area (Å²) in [5.41, 5.74) is 2.32. The van der Waals surface area contributed by atoms with E-state index in [0.717, 1.165) is 25.2 Å². The van der Waals surface area contributed by atoms with E-state index in [0.29, 0.717) is 6.42 Å². The summed E-state index contributed by atoms with van der Waals surface area (Å²) in [5, 5.41) is 8.79. The number of hydrogen-bond acceptors (Lipinski definition) is 3. The van der Waals surface area contributed by atoms with Gasteiger partial charge in [0.1, 0.15) is 0 Å². The zero-order valence-corrected chi connectivity index (χ0v) is 12.9. The van der Waals surface area contributed by atoms with E-state index >= 15 is 0 Å². The molecular formula is C17H26N2O. The minimum absolute atomic E-state index is 0.125. The molecule has 0 atom stereocenters. The van der Waals surface area contributed by atoms with E-state index in [9.17, 15) is 0 Å². The molecule has 0 aromatic heterocycles. The maximum absolute atomic E-state index is 8.79. The summed E-state index contributed by atoms with van der Waals surface area (Å²) in [6.07, 6.45) is 1.70.